The van der Waals surface area contributed by atoms with Gasteiger partial charge in [0, 0.05) is 12.6 Å². The summed E-state index contributed by atoms with van der Waals surface area (Å²) in [6.07, 6.45) is 3.53. The standard InChI is InChI=1S/C14H17ClN2O3S/c15-13-6-5-11(10-16)9-14(13)21(19,20)17(7-8-18)12-3-1-2-4-12/h5-6,9,12,18H,1-4,7-8H2. The Morgan fingerprint density at radius 3 is 2.62 bits per heavy atom. The summed E-state index contributed by atoms with van der Waals surface area (Å²) >= 11 is 6.01. The van der Waals surface area contributed by atoms with E-state index in [-0.39, 0.29) is 34.7 Å². The van der Waals surface area contributed by atoms with Crippen molar-refractivity contribution in [3.8, 4) is 6.07 Å². The smallest absolute Gasteiger partial charge is 0.244 e. The molecule has 0 bridgehead atoms. The summed E-state index contributed by atoms with van der Waals surface area (Å²) in [6, 6.07) is 5.99. The number of rotatable bonds is 5. The molecule has 0 aliphatic heterocycles. The van der Waals surface area contributed by atoms with Crippen LogP contribution in [-0.2, 0) is 10.0 Å². The maximum atomic E-state index is 12.8. The minimum Gasteiger partial charge on any atom is -0.395 e. The molecule has 114 valence electrons. The third-order valence-corrected chi connectivity index (χ3v) is 6.13. The van der Waals surface area contributed by atoms with Crippen molar-refractivity contribution in [1.29, 1.82) is 5.26 Å². The number of sulfonamides is 1. The number of benzene rings is 1. The number of nitriles is 1. The number of halogens is 1. The van der Waals surface area contributed by atoms with Crippen molar-refractivity contribution in [2.45, 2.75) is 36.6 Å². The molecule has 1 aromatic carbocycles. The lowest BCUT2D eigenvalue weighted by atomic mass is 10.2. The molecule has 0 amide bonds. The molecule has 1 aliphatic rings. The van der Waals surface area contributed by atoms with Gasteiger partial charge in [0.25, 0.3) is 0 Å². The second-order valence-corrected chi connectivity index (χ2v) is 7.30. The lowest BCUT2D eigenvalue weighted by Gasteiger charge is -2.27. The highest BCUT2D eigenvalue weighted by Gasteiger charge is 2.34. The summed E-state index contributed by atoms with van der Waals surface area (Å²) in [4.78, 5) is -0.0661. The number of nitrogens with zero attached hydrogens (tertiary/aromatic N) is 2. The predicted octanol–water partition coefficient (Wildman–Crippen LogP) is 2.14. The molecule has 21 heavy (non-hydrogen) atoms. The monoisotopic (exact) mass is 328 g/mol. The van der Waals surface area contributed by atoms with Gasteiger partial charge in [0.1, 0.15) is 4.90 Å². The first-order valence-electron chi connectivity index (χ1n) is 6.83. The molecule has 1 saturated carbocycles. The third-order valence-electron chi connectivity index (χ3n) is 3.70. The fourth-order valence-corrected chi connectivity index (χ4v) is 4.87. The van der Waals surface area contributed by atoms with Gasteiger partial charge in [-0.15, -0.1) is 0 Å². The Hall–Kier alpha value is -1.13. The second kappa shape index (κ2) is 6.75. The largest absolute Gasteiger partial charge is 0.395 e. The van der Waals surface area contributed by atoms with Crippen LogP contribution in [0.25, 0.3) is 0 Å². The van der Waals surface area contributed by atoms with Crippen LogP contribution in [0.4, 0.5) is 0 Å². The van der Waals surface area contributed by atoms with Gasteiger partial charge in [0.2, 0.25) is 10.0 Å². The highest BCUT2D eigenvalue weighted by molar-refractivity contribution is 7.89. The Bertz CT molecular complexity index is 649. The zero-order chi connectivity index (χ0) is 15.5. The van der Waals surface area contributed by atoms with Crippen molar-refractivity contribution in [3.63, 3.8) is 0 Å². The van der Waals surface area contributed by atoms with E-state index in [9.17, 15) is 13.5 Å². The van der Waals surface area contributed by atoms with E-state index in [4.69, 9.17) is 16.9 Å². The van der Waals surface area contributed by atoms with Crippen molar-refractivity contribution >= 4 is 21.6 Å². The van der Waals surface area contributed by atoms with Crippen molar-refractivity contribution in [3.05, 3.63) is 28.8 Å². The van der Waals surface area contributed by atoms with Crippen LogP contribution >= 0.6 is 11.6 Å². The normalized spacial score (nSPS) is 16.3. The molecule has 1 aromatic rings. The van der Waals surface area contributed by atoms with Crippen LogP contribution in [0.5, 0.6) is 0 Å². The molecule has 7 heteroatoms. The van der Waals surface area contributed by atoms with Crippen LogP contribution in [0.1, 0.15) is 31.2 Å². The minimum atomic E-state index is -3.82. The molecule has 0 spiro atoms. The summed E-state index contributed by atoms with van der Waals surface area (Å²) in [5.41, 5.74) is 0.244. The highest BCUT2D eigenvalue weighted by atomic mass is 35.5. The number of aliphatic hydroxyl groups is 1. The molecular weight excluding hydrogens is 312 g/mol. The third kappa shape index (κ3) is 3.38. The molecule has 5 nitrogen and oxygen atoms in total. The summed E-state index contributed by atoms with van der Waals surface area (Å²) < 4.78 is 27.0. The van der Waals surface area contributed by atoms with Crippen molar-refractivity contribution in [2.24, 2.45) is 0 Å². The Labute approximate surface area is 129 Å². The van der Waals surface area contributed by atoms with Crippen LogP contribution in [-0.4, -0.2) is 37.0 Å². The second-order valence-electron chi connectivity index (χ2n) is 5.03. The first-order valence-corrected chi connectivity index (χ1v) is 8.65. The molecule has 0 heterocycles. The van der Waals surface area contributed by atoms with Gasteiger partial charge in [-0.2, -0.15) is 9.57 Å². The van der Waals surface area contributed by atoms with E-state index in [0.29, 0.717) is 0 Å². The van der Waals surface area contributed by atoms with Gasteiger partial charge < -0.3 is 5.11 Å². The predicted molar refractivity (Wildman–Crippen MR) is 79.4 cm³/mol. The quantitative estimate of drug-likeness (QED) is 0.897. The first-order chi connectivity index (χ1) is 10.0. The summed E-state index contributed by atoms with van der Waals surface area (Å²) in [7, 11) is -3.82. The van der Waals surface area contributed by atoms with Crippen LogP contribution < -0.4 is 0 Å². The SMILES string of the molecule is N#Cc1ccc(Cl)c(S(=O)(=O)N(CCO)C2CCCC2)c1. The molecule has 1 N–H and O–H groups in total. The van der Waals surface area contributed by atoms with E-state index in [1.165, 1.54) is 22.5 Å². The van der Waals surface area contributed by atoms with E-state index >= 15 is 0 Å². The molecule has 2 rings (SSSR count). The lowest BCUT2D eigenvalue weighted by Crippen LogP contribution is -2.40. The fraction of sp³-hybridized carbons (Fsp3) is 0.500. The van der Waals surface area contributed by atoms with Crippen LogP contribution in [0.15, 0.2) is 23.1 Å². The maximum Gasteiger partial charge on any atom is 0.244 e. The average molecular weight is 329 g/mol. The van der Waals surface area contributed by atoms with Gasteiger partial charge >= 0.3 is 0 Å². The Morgan fingerprint density at radius 1 is 1.38 bits per heavy atom. The maximum absolute atomic E-state index is 12.8. The fourth-order valence-electron chi connectivity index (χ4n) is 2.69. The zero-order valence-corrected chi connectivity index (χ0v) is 13.1. The Morgan fingerprint density at radius 2 is 2.05 bits per heavy atom. The van der Waals surface area contributed by atoms with Gasteiger partial charge in [-0.1, -0.05) is 24.4 Å². The average Bonchev–Trinajstić information content (AvgIpc) is 2.98. The van der Waals surface area contributed by atoms with E-state index in [2.05, 4.69) is 0 Å². The number of aliphatic hydroxyl groups excluding tert-OH is 1. The van der Waals surface area contributed by atoms with E-state index < -0.39 is 10.0 Å². The van der Waals surface area contributed by atoms with E-state index in [0.717, 1.165) is 25.7 Å². The summed E-state index contributed by atoms with van der Waals surface area (Å²) in [5.74, 6) is 0. The molecular formula is C14H17ClN2O3S. The molecule has 0 atom stereocenters. The van der Waals surface area contributed by atoms with Gasteiger partial charge in [-0.05, 0) is 31.0 Å². The molecule has 0 unspecified atom stereocenters. The van der Waals surface area contributed by atoms with Gasteiger partial charge in [-0.25, -0.2) is 8.42 Å². The summed E-state index contributed by atoms with van der Waals surface area (Å²) in [5, 5.41) is 18.2. The van der Waals surface area contributed by atoms with Crippen LogP contribution in [0.2, 0.25) is 5.02 Å². The first kappa shape index (κ1) is 16.2. The number of hydrogen-bond acceptors (Lipinski definition) is 4. The zero-order valence-electron chi connectivity index (χ0n) is 11.5. The van der Waals surface area contributed by atoms with Crippen LogP contribution in [0, 0.1) is 11.3 Å². The van der Waals surface area contributed by atoms with E-state index in [1.807, 2.05) is 6.07 Å². The summed E-state index contributed by atoms with van der Waals surface area (Å²) in [6.45, 7) is -0.203. The topological polar surface area (TPSA) is 81.4 Å². The molecule has 0 saturated heterocycles. The van der Waals surface area contributed by atoms with E-state index in [1.54, 1.807) is 0 Å². The minimum absolute atomic E-state index is 0.0418. The van der Waals surface area contributed by atoms with Gasteiger partial charge in [0.05, 0.1) is 23.3 Å². The van der Waals surface area contributed by atoms with Crippen molar-refractivity contribution in [1.82, 2.24) is 4.31 Å². The van der Waals surface area contributed by atoms with Crippen molar-refractivity contribution < 1.29 is 13.5 Å². The van der Waals surface area contributed by atoms with Gasteiger partial charge in [0.15, 0.2) is 0 Å². The van der Waals surface area contributed by atoms with Crippen molar-refractivity contribution in [2.75, 3.05) is 13.2 Å². The number of hydrogen-bond donors (Lipinski definition) is 1. The molecule has 0 radical (unpaired) electrons. The van der Waals surface area contributed by atoms with Crippen LogP contribution in [0.3, 0.4) is 0 Å². The molecule has 1 fully saturated rings. The lowest BCUT2D eigenvalue weighted by molar-refractivity contribution is 0.226. The highest BCUT2D eigenvalue weighted by Crippen LogP contribution is 2.31. The molecule has 0 aromatic heterocycles. The van der Waals surface area contributed by atoms with Gasteiger partial charge in [-0.3, -0.25) is 0 Å². The Kier molecular flexibility index (Phi) is 5.22. The molecule has 1 aliphatic carbocycles. The Balaban J connectivity index is 2.45.